The first-order valence-corrected chi connectivity index (χ1v) is 8.12. The Hall–Kier alpha value is -1.45. The first kappa shape index (κ1) is 17.9. The van der Waals surface area contributed by atoms with E-state index in [9.17, 15) is 10.2 Å². The van der Waals surface area contributed by atoms with E-state index in [1.54, 1.807) is 6.07 Å². The first-order chi connectivity index (χ1) is 10.9. The van der Waals surface area contributed by atoms with Crippen LogP contribution in [0.2, 0.25) is 0 Å². The van der Waals surface area contributed by atoms with Gasteiger partial charge in [0.05, 0.1) is 23.3 Å². The van der Waals surface area contributed by atoms with Crippen molar-refractivity contribution in [1.29, 1.82) is 5.26 Å². The molecule has 2 atom stereocenters. The van der Waals surface area contributed by atoms with Crippen LogP contribution in [0.3, 0.4) is 0 Å². The van der Waals surface area contributed by atoms with E-state index in [1.165, 1.54) is 0 Å². The second-order valence-corrected chi connectivity index (χ2v) is 6.55. The van der Waals surface area contributed by atoms with Crippen molar-refractivity contribution in [3.05, 3.63) is 35.4 Å². The maximum absolute atomic E-state index is 10.5. The Balaban J connectivity index is 1.92. The molecule has 1 aliphatic rings. The number of likely N-dealkylation sites (N-methyl/N-ethyl adjacent to an activating group) is 1. The van der Waals surface area contributed by atoms with E-state index in [-0.39, 0.29) is 6.04 Å². The van der Waals surface area contributed by atoms with Gasteiger partial charge in [-0.3, -0.25) is 4.90 Å². The van der Waals surface area contributed by atoms with Gasteiger partial charge in [-0.25, -0.2) is 0 Å². The molecule has 1 aromatic rings. The lowest BCUT2D eigenvalue weighted by Gasteiger charge is -2.35. The number of aliphatic hydroxyl groups excluding tert-OH is 1. The molecule has 5 nitrogen and oxygen atoms in total. The van der Waals surface area contributed by atoms with Gasteiger partial charge in [0, 0.05) is 32.2 Å². The van der Waals surface area contributed by atoms with E-state index in [0.29, 0.717) is 44.6 Å². The maximum atomic E-state index is 10.5. The minimum absolute atomic E-state index is 0.0854. The first-order valence-electron chi connectivity index (χ1n) is 8.12. The van der Waals surface area contributed by atoms with Crippen LogP contribution in [0.5, 0.6) is 0 Å². The van der Waals surface area contributed by atoms with E-state index in [0.717, 1.165) is 5.56 Å². The molecule has 0 spiro atoms. The van der Waals surface area contributed by atoms with Gasteiger partial charge in [0.15, 0.2) is 0 Å². The van der Waals surface area contributed by atoms with Gasteiger partial charge in [-0.05, 0) is 44.5 Å². The standard InChI is InChI=1S/C18H26N2O3/c1-14(16-5-3-4-15(10-16)12-19)20(2)13-17(21)11-18(22)6-8-23-9-7-18/h3-5,10,14,17,21-22H,6-9,11,13H2,1-2H3. The summed E-state index contributed by atoms with van der Waals surface area (Å²) in [6.07, 6.45) is 0.928. The molecule has 0 aliphatic carbocycles. The summed E-state index contributed by atoms with van der Waals surface area (Å²) in [5, 5.41) is 29.8. The summed E-state index contributed by atoms with van der Waals surface area (Å²) in [5.41, 5.74) is 0.867. The maximum Gasteiger partial charge on any atom is 0.0991 e. The zero-order valence-electron chi connectivity index (χ0n) is 13.9. The highest BCUT2D eigenvalue weighted by Gasteiger charge is 2.32. The largest absolute Gasteiger partial charge is 0.392 e. The Bertz CT molecular complexity index is 549. The molecular weight excluding hydrogens is 292 g/mol. The number of nitriles is 1. The van der Waals surface area contributed by atoms with Crippen LogP contribution in [0.25, 0.3) is 0 Å². The van der Waals surface area contributed by atoms with Crippen molar-refractivity contribution in [3.63, 3.8) is 0 Å². The number of aliphatic hydroxyl groups is 2. The molecular formula is C18H26N2O3. The van der Waals surface area contributed by atoms with Gasteiger partial charge in [-0.15, -0.1) is 0 Å². The van der Waals surface area contributed by atoms with Gasteiger partial charge in [0.1, 0.15) is 0 Å². The number of hydrogen-bond acceptors (Lipinski definition) is 5. The molecule has 0 saturated carbocycles. The summed E-state index contributed by atoms with van der Waals surface area (Å²) in [6.45, 7) is 3.63. The molecule has 0 bridgehead atoms. The van der Waals surface area contributed by atoms with Crippen LogP contribution >= 0.6 is 0 Å². The van der Waals surface area contributed by atoms with Gasteiger partial charge in [-0.2, -0.15) is 5.26 Å². The summed E-state index contributed by atoms with van der Waals surface area (Å²) in [5.74, 6) is 0. The molecule has 0 aromatic heterocycles. The monoisotopic (exact) mass is 318 g/mol. The fourth-order valence-electron chi connectivity index (χ4n) is 3.07. The predicted octanol–water partition coefficient (Wildman–Crippen LogP) is 1.84. The molecule has 2 N–H and O–H groups in total. The quantitative estimate of drug-likeness (QED) is 0.837. The average Bonchev–Trinajstić information content (AvgIpc) is 2.54. The van der Waals surface area contributed by atoms with Crippen LogP contribution in [0.4, 0.5) is 0 Å². The zero-order valence-corrected chi connectivity index (χ0v) is 13.9. The van der Waals surface area contributed by atoms with Gasteiger partial charge < -0.3 is 14.9 Å². The van der Waals surface area contributed by atoms with Crippen LogP contribution in [0.15, 0.2) is 24.3 Å². The highest BCUT2D eigenvalue weighted by atomic mass is 16.5. The molecule has 1 aliphatic heterocycles. The fraction of sp³-hybridized carbons (Fsp3) is 0.611. The smallest absolute Gasteiger partial charge is 0.0991 e. The zero-order chi connectivity index (χ0) is 16.9. The Morgan fingerprint density at radius 3 is 2.74 bits per heavy atom. The van der Waals surface area contributed by atoms with Crippen molar-refractivity contribution in [3.8, 4) is 6.07 Å². The van der Waals surface area contributed by atoms with Crippen LogP contribution in [-0.4, -0.2) is 53.6 Å². The number of benzene rings is 1. The second-order valence-electron chi connectivity index (χ2n) is 6.55. The molecule has 1 aromatic carbocycles. The third kappa shape index (κ3) is 5.02. The summed E-state index contributed by atoms with van der Waals surface area (Å²) in [6, 6.07) is 9.75. The van der Waals surface area contributed by atoms with E-state index >= 15 is 0 Å². The van der Waals surface area contributed by atoms with Crippen molar-refractivity contribution >= 4 is 0 Å². The van der Waals surface area contributed by atoms with Crippen molar-refractivity contribution in [1.82, 2.24) is 4.90 Å². The number of ether oxygens (including phenoxy) is 1. The lowest BCUT2D eigenvalue weighted by atomic mass is 9.88. The minimum Gasteiger partial charge on any atom is -0.392 e. The highest BCUT2D eigenvalue weighted by molar-refractivity contribution is 5.34. The van der Waals surface area contributed by atoms with Crippen molar-refractivity contribution < 1.29 is 14.9 Å². The molecule has 1 fully saturated rings. The van der Waals surface area contributed by atoms with E-state index in [1.807, 2.05) is 37.1 Å². The van der Waals surface area contributed by atoms with Crippen molar-refractivity contribution in [2.75, 3.05) is 26.8 Å². The lowest BCUT2D eigenvalue weighted by Crippen LogP contribution is -2.42. The number of hydrogen-bond donors (Lipinski definition) is 2. The number of nitrogens with zero attached hydrogens (tertiary/aromatic N) is 2. The van der Waals surface area contributed by atoms with Gasteiger partial charge in [0.2, 0.25) is 0 Å². The SMILES string of the molecule is CC(c1cccc(C#N)c1)N(C)CC(O)CC1(O)CCOCC1. The molecule has 5 heteroatoms. The Morgan fingerprint density at radius 1 is 1.39 bits per heavy atom. The molecule has 126 valence electrons. The normalized spacial score (nSPS) is 20.0. The topological polar surface area (TPSA) is 76.7 Å². The third-order valence-electron chi connectivity index (χ3n) is 4.70. The predicted molar refractivity (Wildman–Crippen MR) is 87.8 cm³/mol. The van der Waals surface area contributed by atoms with Gasteiger partial charge in [-0.1, -0.05) is 12.1 Å². The van der Waals surface area contributed by atoms with Crippen molar-refractivity contribution in [2.24, 2.45) is 0 Å². The molecule has 23 heavy (non-hydrogen) atoms. The summed E-state index contributed by atoms with van der Waals surface area (Å²) >= 11 is 0. The summed E-state index contributed by atoms with van der Waals surface area (Å²) < 4.78 is 5.27. The van der Waals surface area contributed by atoms with E-state index in [2.05, 4.69) is 6.07 Å². The lowest BCUT2D eigenvalue weighted by molar-refractivity contribution is -0.0896. The Labute approximate surface area is 138 Å². The van der Waals surface area contributed by atoms with Gasteiger partial charge in [0.25, 0.3) is 0 Å². The van der Waals surface area contributed by atoms with Crippen molar-refractivity contribution in [2.45, 2.75) is 43.9 Å². The van der Waals surface area contributed by atoms with E-state index in [4.69, 9.17) is 10.00 Å². The summed E-state index contributed by atoms with van der Waals surface area (Å²) in [7, 11) is 1.95. The molecule has 0 amide bonds. The molecule has 0 radical (unpaired) electrons. The Morgan fingerprint density at radius 2 is 2.09 bits per heavy atom. The van der Waals surface area contributed by atoms with Gasteiger partial charge >= 0.3 is 0 Å². The highest BCUT2D eigenvalue weighted by Crippen LogP contribution is 2.27. The third-order valence-corrected chi connectivity index (χ3v) is 4.70. The summed E-state index contributed by atoms with van der Waals surface area (Å²) in [4.78, 5) is 2.05. The second kappa shape index (κ2) is 7.89. The van der Waals surface area contributed by atoms with E-state index < -0.39 is 11.7 Å². The Kier molecular flexibility index (Phi) is 6.14. The molecule has 2 unspecified atom stereocenters. The molecule has 2 rings (SSSR count). The number of rotatable bonds is 6. The van der Waals surface area contributed by atoms with Crippen LogP contribution in [0.1, 0.15) is 43.4 Å². The fourth-order valence-corrected chi connectivity index (χ4v) is 3.07. The molecule has 1 heterocycles. The van der Waals surface area contributed by atoms with Crippen LogP contribution in [0, 0.1) is 11.3 Å². The van der Waals surface area contributed by atoms with Crippen LogP contribution < -0.4 is 0 Å². The average molecular weight is 318 g/mol. The van der Waals surface area contributed by atoms with Crippen LogP contribution in [-0.2, 0) is 4.74 Å². The molecule has 1 saturated heterocycles. The minimum atomic E-state index is -0.817.